The van der Waals surface area contributed by atoms with Crippen molar-refractivity contribution in [3.05, 3.63) is 18.5 Å². The molecular formula is C10H15N3O3. The van der Waals surface area contributed by atoms with Gasteiger partial charge in [0.1, 0.15) is 0 Å². The summed E-state index contributed by atoms with van der Waals surface area (Å²) in [5.74, 6) is -0.0638. The van der Waals surface area contributed by atoms with E-state index < -0.39 is 12.2 Å². The summed E-state index contributed by atoms with van der Waals surface area (Å²) >= 11 is 0. The van der Waals surface area contributed by atoms with E-state index in [2.05, 4.69) is 5.10 Å². The summed E-state index contributed by atoms with van der Waals surface area (Å²) in [5, 5.41) is 22.6. The summed E-state index contributed by atoms with van der Waals surface area (Å²) in [6.07, 6.45) is 2.16. The maximum atomic E-state index is 11.7. The molecular weight excluding hydrogens is 210 g/mol. The molecule has 2 N–H and O–H groups in total. The van der Waals surface area contributed by atoms with Crippen LogP contribution >= 0.6 is 0 Å². The van der Waals surface area contributed by atoms with Crippen LogP contribution in [0.4, 0.5) is 0 Å². The number of aryl methyl sites for hydroxylation is 1. The second kappa shape index (κ2) is 4.63. The highest BCUT2D eigenvalue weighted by atomic mass is 16.3. The van der Waals surface area contributed by atoms with Crippen molar-refractivity contribution in [1.82, 2.24) is 14.7 Å². The number of carbonyl (C=O) groups excluding carboxylic acids is 1. The van der Waals surface area contributed by atoms with Gasteiger partial charge in [-0.2, -0.15) is 5.10 Å². The first-order valence-corrected chi connectivity index (χ1v) is 5.28. The van der Waals surface area contributed by atoms with Crippen LogP contribution in [0.15, 0.2) is 18.5 Å². The summed E-state index contributed by atoms with van der Waals surface area (Å²) in [4.78, 5) is 13.2. The fourth-order valence-corrected chi connectivity index (χ4v) is 1.77. The second-order valence-corrected chi connectivity index (χ2v) is 3.95. The molecule has 16 heavy (non-hydrogen) atoms. The summed E-state index contributed by atoms with van der Waals surface area (Å²) < 4.78 is 1.68. The van der Waals surface area contributed by atoms with Crippen LogP contribution in [0.25, 0.3) is 0 Å². The lowest BCUT2D eigenvalue weighted by Crippen LogP contribution is -2.30. The Labute approximate surface area is 93.1 Å². The molecule has 2 rings (SSSR count). The molecule has 1 aromatic rings. The topological polar surface area (TPSA) is 78.6 Å². The quantitative estimate of drug-likeness (QED) is 0.680. The van der Waals surface area contributed by atoms with Crippen molar-refractivity contribution in [3.63, 3.8) is 0 Å². The van der Waals surface area contributed by atoms with Gasteiger partial charge in [0, 0.05) is 38.4 Å². The molecule has 1 amide bonds. The van der Waals surface area contributed by atoms with Crippen LogP contribution in [0.5, 0.6) is 0 Å². The lowest BCUT2D eigenvalue weighted by atomic mass is 10.3. The van der Waals surface area contributed by atoms with Crippen LogP contribution in [-0.2, 0) is 11.3 Å². The SMILES string of the molecule is O=C(CCn1cccn1)N1CC(O)C(O)C1. The zero-order valence-electron chi connectivity index (χ0n) is 8.86. The van der Waals surface area contributed by atoms with Gasteiger partial charge in [-0.05, 0) is 6.07 Å². The smallest absolute Gasteiger partial charge is 0.224 e. The molecule has 2 atom stereocenters. The minimum atomic E-state index is -0.811. The number of aliphatic hydroxyl groups excluding tert-OH is 2. The third kappa shape index (κ3) is 2.40. The zero-order chi connectivity index (χ0) is 11.5. The fourth-order valence-electron chi connectivity index (χ4n) is 1.77. The lowest BCUT2D eigenvalue weighted by molar-refractivity contribution is -0.131. The summed E-state index contributed by atoms with van der Waals surface area (Å²) in [6, 6.07) is 1.80. The minimum Gasteiger partial charge on any atom is -0.388 e. The molecule has 0 bridgehead atoms. The van der Waals surface area contributed by atoms with E-state index in [0.29, 0.717) is 13.0 Å². The number of aromatic nitrogens is 2. The summed E-state index contributed by atoms with van der Waals surface area (Å²) in [5.41, 5.74) is 0. The van der Waals surface area contributed by atoms with Crippen LogP contribution in [0, 0.1) is 0 Å². The number of amides is 1. The molecule has 6 nitrogen and oxygen atoms in total. The molecule has 0 radical (unpaired) electrons. The van der Waals surface area contributed by atoms with Gasteiger partial charge >= 0.3 is 0 Å². The van der Waals surface area contributed by atoms with E-state index in [1.165, 1.54) is 4.90 Å². The number of rotatable bonds is 3. The molecule has 0 saturated carbocycles. The van der Waals surface area contributed by atoms with Gasteiger partial charge in [-0.3, -0.25) is 9.48 Å². The maximum absolute atomic E-state index is 11.7. The number of hydrogen-bond acceptors (Lipinski definition) is 4. The van der Waals surface area contributed by atoms with E-state index in [9.17, 15) is 15.0 Å². The van der Waals surface area contributed by atoms with Gasteiger partial charge in [-0.15, -0.1) is 0 Å². The van der Waals surface area contributed by atoms with Gasteiger partial charge in [-0.1, -0.05) is 0 Å². The minimum absolute atomic E-state index is 0.0638. The molecule has 88 valence electrons. The number of carbonyl (C=O) groups is 1. The van der Waals surface area contributed by atoms with Gasteiger partial charge in [0.2, 0.25) is 5.91 Å². The van der Waals surface area contributed by atoms with Gasteiger partial charge < -0.3 is 15.1 Å². The van der Waals surface area contributed by atoms with Gasteiger partial charge in [0.25, 0.3) is 0 Å². The molecule has 1 aliphatic heterocycles. The highest BCUT2D eigenvalue weighted by molar-refractivity contribution is 5.76. The number of likely N-dealkylation sites (tertiary alicyclic amines) is 1. The maximum Gasteiger partial charge on any atom is 0.224 e. The molecule has 6 heteroatoms. The first-order valence-electron chi connectivity index (χ1n) is 5.28. The Morgan fingerprint density at radius 3 is 2.62 bits per heavy atom. The van der Waals surface area contributed by atoms with Crippen LogP contribution in [0.3, 0.4) is 0 Å². The van der Waals surface area contributed by atoms with E-state index in [0.717, 1.165) is 0 Å². The lowest BCUT2D eigenvalue weighted by Gasteiger charge is -2.14. The molecule has 1 aliphatic rings. The molecule has 0 spiro atoms. The van der Waals surface area contributed by atoms with Crippen molar-refractivity contribution in [2.75, 3.05) is 13.1 Å². The standard InChI is InChI=1S/C10H15N3O3/c14-8-6-12(7-9(8)15)10(16)2-5-13-4-1-3-11-13/h1,3-4,8-9,14-15H,2,5-7H2. The zero-order valence-corrected chi connectivity index (χ0v) is 8.86. The fraction of sp³-hybridized carbons (Fsp3) is 0.600. The van der Waals surface area contributed by atoms with E-state index in [-0.39, 0.29) is 19.0 Å². The van der Waals surface area contributed by atoms with Crippen LogP contribution in [0.2, 0.25) is 0 Å². The van der Waals surface area contributed by atoms with Crippen molar-refractivity contribution in [1.29, 1.82) is 0 Å². The normalized spacial score (nSPS) is 25.0. The van der Waals surface area contributed by atoms with E-state index in [1.54, 1.807) is 23.1 Å². The Kier molecular flexibility index (Phi) is 3.21. The van der Waals surface area contributed by atoms with Crippen LogP contribution in [0.1, 0.15) is 6.42 Å². The van der Waals surface area contributed by atoms with Crippen molar-refractivity contribution >= 4 is 5.91 Å². The van der Waals surface area contributed by atoms with E-state index in [1.807, 2.05) is 0 Å². The number of hydrogen-bond donors (Lipinski definition) is 2. The van der Waals surface area contributed by atoms with E-state index >= 15 is 0 Å². The largest absolute Gasteiger partial charge is 0.388 e. The van der Waals surface area contributed by atoms with Gasteiger partial charge in [-0.25, -0.2) is 0 Å². The predicted octanol–water partition coefficient (Wildman–Crippen LogP) is -1.16. The third-order valence-corrected chi connectivity index (χ3v) is 2.73. The van der Waals surface area contributed by atoms with Crippen LogP contribution < -0.4 is 0 Å². The molecule has 2 unspecified atom stereocenters. The highest BCUT2D eigenvalue weighted by Gasteiger charge is 2.31. The molecule has 1 fully saturated rings. The van der Waals surface area contributed by atoms with Crippen molar-refractivity contribution < 1.29 is 15.0 Å². The first-order chi connectivity index (χ1) is 7.66. The van der Waals surface area contributed by atoms with Crippen molar-refractivity contribution in [2.24, 2.45) is 0 Å². The number of β-amino-alcohol motifs (C(OH)–C–C–N with tert-alkyl or cyclic N) is 2. The van der Waals surface area contributed by atoms with Crippen molar-refractivity contribution in [3.8, 4) is 0 Å². The van der Waals surface area contributed by atoms with Crippen molar-refractivity contribution in [2.45, 2.75) is 25.2 Å². The molecule has 1 aromatic heterocycles. The third-order valence-electron chi connectivity index (χ3n) is 2.73. The molecule has 1 saturated heterocycles. The molecule has 0 aliphatic carbocycles. The molecule has 0 aromatic carbocycles. The predicted molar refractivity (Wildman–Crippen MR) is 55.4 cm³/mol. The Morgan fingerprint density at radius 1 is 1.38 bits per heavy atom. The Balaban J connectivity index is 1.80. The number of nitrogens with zero attached hydrogens (tertiary/aromatic N) is 3. The van der Waals surface area contributed by atoms with Gasteiger partial charge in [0.05, 0.1) is 12.2 Å². The Hall–Kier alpha value is -1.40. The van der Waals surface area contributed by atoms with Gasteiger partial charge in [0.15, 0.2) is 0 Å². The molecule has 2 heterocycles. The Morgan fingerprint density at radius 2 is 2.06 bits per heavy atom. The monoisotopic (exact) mass is 225 g/mol. The highest BCUT2D eigenvalue weighted by Crippen LogP contribution is 2.11. The summed E-state index contributed by atoms with van der Waals surface area (Å²) in [6.45, 7) is 0.965. The number of aliphatic hydroxyl groups is 2. The van der Waals surface area contributed by atoms with Crippen LogP contribution in [-0.4, -0.2) is 56.1 Å². The first kappa shape index (κ1) is 11.1. The average molecular weight is 225 g/mol. The summed E-state index contributed by atoms with van der Waals surface area (Å²) in [7, 11) is 0. The van der Waals surface area contributed by atoms with E-state index in [4.69, 9.17) is 0 Å². The Bertz CT molecular complexity index is 342. The average Bonchev–Trinajstić information content (AvgIpc) is 2.86. The second-order valence-electron chi connectivity index (χ2n) is 3.95.